The molecule has 1 aliphatic heterocycles. The zero-order valence-electron chi connectivity index (χ0n) is 13.9. The molecule has 2 aliphatic rings. The van der Waals surface area contributed by atoms with E-state index in [4.69, 9.17) is 9.47 Å². The molecule has 2 fully saturated rings. The van der Waals surface area contributed by atoms with Gasteiger partial charge in [-0.1, -0.05) is 12.1 Å². The number of rotatable bonds is 2. The second-order valence-corrected chi connectivity index (χ2v) is 6.81. The van der Waals surface area contributed by atoms with Crippen LogP contribution in [0.4, 0.5) is 0 Å². The minimum atomic E-state index is -0.392. The maximum Gasteiger partial charge on any atom is 0.273 e. The Morgan fingerprint density at radius 1 is 1.04 bits per heavy atom. The minimum Gasteiger partial charge on any atom is -0.348 e. The van der Waals surface area contributed by atoms with E-state index in [0.717, 1.165) is 25.7 Å². The molecule has 0 unspecified atom stereocenters. The number of benzene rings is 1. The Bertz CT molecular complexity index is 867. The summed E-state index contributed by atoms with van der Waals surface area (Å²) < 4.78 is 14.6. The van der Waals surface area contributed by atoms with Crippen LogP contribution in [0.2, 0.25) is 0 Å². The number of ether oxygens (including phenoxy) is 2. The Morgan fingerprint density at radius 2 is 1.62 bits per heavy atom. The van der Waals surface area contributed by atoms with Gasteiger partial charge in [-0.05, 0) is 30.9 Å². The lowest BCUT2D eigenvalue weighted by Crippen LogP contribution is -2.41. The molecule has 24 heavy (non-hydrogen) atoms. The summed E-state index contributed by atoms with van der Waals surface area (Å²) in [5, 5.41) is 0.979. The number of hydrogen-bond acceptors (Lipinski definition) is 4. The van der Waals surface area contributed by atoms with Gasteiger partial charge in [0, 0.05) is 26.4 Å². The molecule has 0 radical (unpaired) electrons. The highest BCUT2D eigenvalue weighted by molar-refractivity contribution is 5.80. The molecular formula is C18H22N2O4. The topological polar surface area (TPSA) is 62.5 Å². The molecule has 1 aromatic heterocycles. The Morgan fingerprint density at radius 3 is 2.25 bits per heavy atom. The lowest BCUT2D eigenvalue weighted by molar-refractivity contribution is -0.183. The van der Waals surface area contributed by atoms with Crippen LogP contribution in [0.1, 0.15) is 25.7 Å². The highest BCUT2D eigenvalue weighted by atomic mass is 16.7. The summed E-state index contributed by atoms with van der Waals surface area (Å²) in [7, 11) is 1.67. The van der Waals surface area contributed by atoms with E-state index in [9.17, 15) is 9.59 Å². The van der Waals surface area contributed by atoms with Crippen molar-refractivity contribution in [2.45, 2.75) is 38.0 Å². The summed E-state index contributed by atoms with van der Waals surface area (Å²) in [6.45, 7) is 1.90. The van der Waals surface area contributed by atoms with Crippen molar-refractivity contribution in [3.8, 4) is 0 Å². The van der Waals surface area contributed by atoms with E-state index in [2.05, 4.69) is 0 Å². The van der Waals surface area contributed by atoms with Crippen molar-refractivity contribution in [1.82, 2.24) is 9.36 Å². The van der Waals surface area contributed by atoms with E-state index in [1.165, 1.54) is 4.68 Å². The van der Waals surface area contributed by atoms with Gasteiger partial charge in [-0.15, -0.1) is 0 Å². The van der Waals surface area contributed by atoms with Gasteiger partial charge in [-0.25, -0.2) is 4.68 Å². The van der Waals surface area contributed by atoms with E-state index < -0.39 is 5.79 Å². The van der Waals surface area contributed by atoms with Gasteiger partial charge in [0.05, 0.1) is 24.0 Å². The van der Waals surface area contributed by atoms with Crippen LogP contribution in [-0.4, -0.2) is 28.4 Å². The van der Waals surface area contributed by atoms with Crippen molar-refractivity contribution in [3.05, 3.63) is 45.0 Å². The molecule has 0 amide bonds. The first kappa shape index (κ1) is 15.6. The number of aromatic nitrogens is 2. The Hall–Kier alpha value is -1.92. The summed E-state index contributed by atoms with van der Waals surface area (Å²) >= 11 is 0. The summed E-state index contributed by atoms with van der Waals surface area (Å²) in [6, 6.07) is 7.02. The van der Waals surface area contributed by atoms with Crippen LogP contribution in [-0.2, 0) is 23.1 Å². The first-order chi connectivity index (χ1) is 11.6. The Kier molecular flexibility index (Phi) is 3.81. The quantitative estimate of drug-likeness (QED) is 0.840. The van der Waals surface area contributed by atoms with E-state index >= 15 is 0 Å². The predicted octanol–water partition coefficient (Wildman–Crippen LogP) is 1.63. The van der Waals surface area contributed by atoms with Crippen LogP contribution in [0, 0.1) is 5.92 Å². The van der Waals surface area contributed by atoms with Gasteiger partial charge >= 0.3 is 0 Å². The minimum absolute atomic E-state index is 0.0960. The van der Waals surface area contributed by atoms with Crippen molar-refractivity contribution in [2.75, 3.05) is 13.2 Å². The highest BCUT2D eigenvalue weighted by Gasteiger charge is 2.40. The van der Waals surface area contributed by atoms with Crippen molar-refractivity contribution >= 4 is 10.8 Å². The molecule has 1 saturated heterocycles. The Labute approximate surface area is 139 Å². The second-order valence-electron chi connectivity index (χ2n) is 6.81. The fourth-order valence-electron chi connectivity index (χ4n) is 3.95. The zero-order chi connectivity index (χ0) is 16.7. The maximum atomic E-state index is 12.8. The predicted molar refractivity (Wildman–Crippen MR) is 90.0 cm³/mol. The normalized spacial score (nSPS) is 20.9. The van der Waals surface area contributed by atoms with E-state index in [1.807, 2.05) is 0 Å². The average Bonchev–Trinajstić information content (AvgIpc) is 3.07. The molecule has 2 aromatic rings. The van der Waals surface area contributed by atoms with Gasteiger partial charge in [0.15, 0.2) is 5.79 Å². The molecular weight excluding hydrogens is 308 g/mol. The van der Waals surface area contributed by atoms with Crippen molar-refractivity contribution in [1.29, 1.82) is 0 Å². The van der Waals surface area contributed by atoms with Crippen molar-refractivity contribution in [3.63, 3.8) is 0 Å². The van der Waals surface area contributed by atoms with Gasteiger partial charge in [-0.2, -0.15) is 0 Å². The molecule has 1 spiro atoms. The molecule has 0 bridgehead atoms. The highest BCUT2D eigenvalue weighted by Crippen LogP contribution is 2.38. The average molecular weight is 330 g/mol. The van der Waals surface area contributed by atoms with Crippen LogP contribution >= 0.6 is 0 Å². The SMILES string of the molecule is Cn1c(=O)c2ccccc2c(=O)n1CC1CCC2(CC1)OCCO2. The van der Waals surface area contributed by atoms with E-state index in [1.54, 1.807) is 36.0 Å². The third kappa shape index (κ3) is 2.50. The molecule has 4 rings (SSSR count). The zero-order valence-corrected chi connectivity index (χ0v) is 13.9. The van der Waals surface area contributed by atoms with E-state index in [-0.39, 0.29) is 11.1 Å². The van der Waals surface area contributed by atoms with Crippen molar-refractivity contribution < 1.29 is 9.47 Å². The standard InChI is InChI=1S/C18H22N2O4/c1-19-16(21)14-4-2-3-5-15(14)17(22)20(19)12-13-6-8-18(9-7-13)23-10-11-24-18/h2-5,13H,6-12H2,1H3. The smallest absolute Gasteiger partial charge is 0.273 e. The van der Waals surface area contributed by atoms with Gasteiger partial charge in [-0.3, -0.25) is 14.3 Å². The third-order valence-electron chi connectivity index (χ3n) is 5.39. The fourth-order valence-corrected chi connectivity index (χ4v) is 3.95. The van der Waals surface area contributed by atoms with Gasteiger partial charge in [0.2, 0.25) is 0 Å². The largest absolute Gasteiger partial charge is 0.348 e. The second kappa shape index (κ2) is 5.86. The van der Waals surface area contributed by atoms with Crippen LogP contribution in [0.3, 0.4) is 0 Å². The summed E-state index contributed by atoms with van der Waals surface area (Å²) in [5.41, 5.74) is -0.221. The van der Waals surface area contributed by atoms with Crippen LogP contribution in [0.15, 0.2) is 33.9 Å². The summed E-state index contributed by atoms with van der Waals surface area (Å²) in [5.74, 6) is -0.0376. The lowest BCUT2D eigenvalue weighted by Gasteiger charge is -2.35. The molecule has 1 saturated carbocycles. The molecule has 0 N–H and O–H groups in total. The monoisotopic (exact) mass is 330 g/mol. The van der Waals surface area contributed by atoms with Crippen LogP contribution in [0.25, 0.3) is 10.8 Å². The number of hydrogen-bond donors (Lipinski definition) is 0. The van der Waals surface area contributed by atoms with Gasteiger partial charge in [0.1, 0.15) is 0 Å². The molecule has 6 heteroatoms. The molecule has 1 aromatic carbocycles. The molecule has 0 atom stereocenters. The molecule has 128 valence electrons. The fraction of sp³-hybridized carbons (Fsp3) is 0.556. The maximum absolute atomic E-state index is 12.8. The van der Waals surface area contributed by atoms with Crippen LogP contribution < -0.4 is 11.1 Å². The van der Waals surface area contributed by atoms with Crippen LogP contribution in [0.5, 0.6) is 0 Å². The Balaban J connectivity index is 1.61. The van der Waals surface area contributed by atoms with E-state index in [0.29, 0.717) is 36.4 Å². The van der Waals surface area contributed by atoms with Crippen molar-refractivity contribution in [2.24, 2.45) is 13.0 Å². The lowest BCUT2D eigenvalue weighted by atomic mass is 9.85. The molecule has 1 aliphatic carbocycles. The van der Waals surface area contributed by atoms with Gasteiger partial charge in [0.25, 0.3) is 11.1 Å². The number of nitrogens with zero attached hydrogens (tertiary/aromatic N) is 2. The first-order valence-corrected chi connectivity index (χ1v) is 8.56. The number of fused-ring (bicyclic) bond motifs is 1. The first-order valence-electron chi connectivity index (χ1n) is 8.56. The molecule has 2 heterocycles. The summed E-state index contributed by atoms with van der Waals surface area (Å²) in [4.78, 5) is 25.3. The molecule has 6 nitrogen and oxygen atoms in total. The van der Waals surface area contributed by atoms with Gasteiger partial charge < -0.3 is 9.47 Å². The summed E-state index contributed by atoms with van der Waals surface area (Å²) in [6.07, 6.45) is 3.59. The third-order valence-corrected chi connectivity index (χ3v) is 5.39.